The molecule has 4 nitrogen and oxygen atoms in total. The van der Waals surface area contributed by atoms with Gasteiger partial charge in [-0.25, -0.2) is 0 Å². The second-order valence-electron chi connectivity index (χ2n) is 3.39. The number of carbonyl (C=O) groups is 1. The third kappa shape index (κ3) is 1.43. The molecule has 0 radical (unpaired) electrons. The first-order valence-electron chi connectivity index (χ1n) is 4.20. The summed E-state index contributed by atoms with van der Waals surface area (Å²) in [6.45, 7) is 2.15. The Hall–Kier alpha value is -0.320. The van der Waals surface area contributed by atoms with Gasteiger partial charge in [0.05, 0.1) is 13.2 Å². The summed E-state index contributed by atoms with van der Waals surface area (Å²) >= 11 is 0. The summed E-state index contributed by atoms with van der Waals surface area (Å²) in [5.74, 6) is -0.130. The highest BCUT2D eigenvalue weighted by atomic mass is 35.5. The maximum atomic E-state index is 11.5. The normalized spacial score (nSPS) is 36.5. The Morgan fingerprint density at radius 3 is 3.15 bits per heavy atom. The number of esters is 1. The van der Waals surface area contributed by atoms with E-state index in [1.165, 1.54) is 7.11 Å². The second-order valence-corrected chi connectivity index (χ2v) is 3.39. The van der Waals surface area contributed by atoms with Crippen molar-refractivity contribution in [2.45, 2.75) is 12.5 Å². The Kier molecular flexibility index (Phi) is 3.16. The Balaban J connectivity index is 0.000000845. The monoisotopic (exact) mass is 207 g/mol. The predicted molar refractivity (Wildman–Crippen MR) is 48.9 cm³/mol. The van der Waals surface area contributed by atoms with E-state index in [1.807, 2.05) is 0 Å². The van der Waals surface area contributed by atoms with Crippen molar-refractivity contribution in [1.82, 2.24) is 5.32 Å². The van der Waals surface area contributed by atoms with Gasteiger partial charge in [0, 0.05) is 19.7 Å². The number of nitrogens with one attached hydrogen (secondary N) is 1. The average Bonchev–Trinajstić information content (AvgIpc) is 2.60. The molecule has 0 aliphatic carbocycles. The van der Waals surface area contributed by atoms with Gasteiger partial charge in [-0.05, 0) is 6.42 Å². The summed E-state index contributed by atoms with van der Waals surface area (Å²) in [6.07, 6.45) is 0.821. The summed E-state index contributed by atoms with van der Waals surface area (Å²) in [4.78, 5) is 11.5. The molecule has 0 aromatic heterocycles. The molecule has 0 saturated carbocycles. The van der Waals surface area contributed by atoms with Crippen LogP contribution in [0.4, 0.5) is 0 Å². The lowest BCUT2D eigenvalue weighted by Crippen LogP contribution is -2.39. The van der Waals surface area contributed by atoms with Gasteiger partial charge in [0.15, 0.2) is 0 Å². The Labute approximate surface area is 83.4 Å². The van der Waals surface area contributed by atoms with E-state index in [-0.39, 0.29) is 29.9 Å². The molecule has 2 aliphatic heterocycles. The smallest absolute Gasteiger partial charge is 0.315 e. The van der Waals surface area contributed by atoms with E-state index in [1.54, 1.807) is 0 Å². The molecule has 2 fully saturated rings. The highest BCUT2D eigenvalue weighted by Crippen LogP contribution is 2.38. The highest BCUT2D eigenvalue weighted by Gasteiger charge is 2.54. The van der Waals surface area contributed by atoms with Gasteiger partial charge in [-0.3, -0.25) is 4.79 Å². The van der Waals surface area contributed by atoms with Crippen LogP contribution in [0.1, 0.15) is 6.42 Å². The van der Waals surface area contributed by atoms with Gasteiger partial charge in [0.25, 0.3) is 0 Å². The van der Waals surface area contributed by atoms with Crippen LogP contribution in [-0.4, -0.2) is 38.9 Å². The summed E-state index contributed by atoms with van der Waals surface area (Å²) in [5.41, 5.74) is -0.380. The number of methoxy groups -OCH3 is 1. The van der Waals surface area contributed by atoms with E-state index in [0.29, 0.717) is 13.2 Å². The summed E-state index contributed by atoms with van der Waals surface area (Å²) in [7, 11) is 1.44. The molecule has 76 valence electrons. The SMILES string of the molecule is COC(=O)[C@@]12CCO[C@@H]1CNC2.Cl. The molecule has 2 aliphatic rings. The molecule has 2 saturated heterocycles. The van der Waals surface area contributed by atoms with Crippen molar-refractivity contribution in [2.75, 3.05) is 26.8 Å². The fourth-order valence-electron chi connectivity index (χ4n) is 2.10. The van der Waals surface area contributed by atoms with Crippen LogP contribution >= 0.6 is 12.4 Å². The molecular formula is C8H14ClNO3. The Morgan fingerprint density at radius 2 is 2.46 bits per heavy atom. The first kappa shape index (κ1) is 10.8. The van der Waals surface area contributed by atoms with E-state index < -0.39 is 0 Å². The molecule has 0 unspecified atom stereocenters. The molecule has 2 rings (SSSR count). The minimum absolute atomic E-state index is 0. The number of ether oxygens (including phenoxy) is 2. The highest BCUT2D eigenvalue weighted by molar-refractivity contribution is 5.85. The van der Waals surface area contributed by atoms with Crippen molar-refractivity contribution in [2.24, 2.45) is 5.41 Å². The lowest BCUT2D eigenvalue weighted by Gasteiger charge is -2.22. The molecule has 5 heteroatoms. The van der Waals surface area contributed by atoms with Crippen molar-refractivity contribution in [3.05, 3.63) is 0 Å². The fraction of sp³-hybridized carbons (Fsp3) is 0.875. The van der Waals surface area contributed by atoms with Gasteiger partial charge in [-0.1, -0.05) is 0 Å². The molecule has 2 heterocycles. The lowest BCUT2D eigenvalue weighted by atomic mass is 9.84. The van der Waals surface area contributed by atoms with E-state index in [4.69, 9.17) is 9.47 Å². The third-order valence-corrected chi connectivity index (χ3v) is 2.85. The van der Waals surface area contributed by atoms with E-state index >= 15 is 0 Å². The van der Waals surface area contributed by atoms with Gasteiger partial charge in [0.1, 0.15) is 5.41 Å². The average molecular weight is 208 g/mol. The van der Waals surface area contributed by atoms with Gasteiger partial charge in [-0.15, -0.1) is 12.4 Å². The zero-order valence-corrected chi connectivity index (χ0v) is 8.36. The minimum Gasteiger partial charge on any atom is -0.468 e. The van der Waals surface area contributed by atoms with Crippen LogP contribution in [0.15, 0.2) is 0 Å². The quantitative estimate of drug-likeness (QED) is 0.613. The molecule has 2 atom stereocenters. The topological polar surface area (TPSA) is 47.6 Å². The number of carbonyl (C=O) groups excluding carboxylic acids is 1. The largest absolute Gasteiger partial charge is 0.468 e. The van der Waals surface area contributed by atoms with E-state index in [0.717, 1.165) is 13.0 Å². The number of halogens is 1. The van der Waals surface area contributed by atoms with E-state index in [9.17, 15) is 4.79 Å². The molecule has 0 spiro atoms. The van der Waals surface area contributed by atoms with Crippen LogP contribution in [0, 0.1) is 5.41 Å². The van der Waals surface area contributed by atoms with Crippen molar-refractivity contribution < 1.29 is 14.3 Å². The zero-order chi connectivity index (χ0) is 8.60. The van der Waals surface area contributed by atoms with Crippen molar-refractivity contribution in [3.63, 3.8) is 0 Å². The van der Waals surface area contributed by atoms with Crippen LogP contribution in [0.5, 0.6) is 0 Å². The number of fused-ring (bicyclic) bond motifs is 1. The summed E-state index contributed by atoms with van der Waals surface area (Å²) in [5, 5.41) is 3.15. The number of hydrogen-bond donors (Lipinski definition) is 1. The second kappa shape index (κ2) is 3.82. The molecular weight excluding hydrogens is 194 g/mol. The predicted octanol–water partition coefficient (Wildman–Crippen LogP) is -0.0403. The lowest BCUT2D eigenvalue weighted by molar-refractivity contribution is -0.153. The van der Waals surface area contributed by atoms with Crippen molar-refractivity contribution in [3.8, 4) is 0 Å². The molecule has 0 aromatic carbocycles. The maximum Gasteiger partial charge on any atom is 0.315 e. The van der Waals surface area contributed by atoms with E-state index in [2.05, 4.69) is 5.32 Å². The third-order valence-electron chi connectivity index (χ3n) is 2.85. The Bertz CT molecular complexity index is 200. The zero-order valence-electron chi connectivity index (χ0n) is 7.54. The van der Waals surface area contributed by atoms with Crippen LogP contribution < -0.4 is 5.32 Å². The maximum absolute atomic E-state index is 11.5. The molecule has 0 amide bonds. The van der Waals surface area contributed by atoms with Gasteiger partial charge >= 0.3 is 5.97 Å². The van der Waals surface area contributed by atoms with Crippen molar-refractivity contribution in [1.29, 1.82) is 0 Å². The molecule has 13 heavy (non-hydrogen) atoms. The number of hydrogen-bond acceptors (Lipinski definition) is 4. The van der Waals surface area contributed by atoms with Crippen molar-refractivity contribution >= 4 is 18.4 Å². The fourth-order valence-corrected chi connectivity index (χ4v) is 2.10. The number of rotatable bonds is 1. The van der Waals surface area contributed by atoms with Crippen LogP contribution in [0.2, 0.25) is 0 Å². The first-order chi connectivity index (χ1) is 5.79. The van der Waals surface area contributed by atoms with Gasteiger partial charge < -0.3 is 14.8 Å². The first-order valence-corrected chi connectivity index (χ1v) is 4.20. The molecule has 1 N–H and O–H groups in total. The molecule has 0 bridgehead atoms. The van der Waals surface area contributed by atoms with Gasteiger partial charge in [0.2, 0.25) is 0 Å². The van der Waals surface area contributed by atoms with Crippen LogP contribution in [0.25, 0.3) is 0 Å². The summed E-state index contributed by atoms with van der Waals surface area (Å²) < 4.78 is 10.2. The summed E-state index contributed by atoms with van der Waals surface area (Å²) in [6, 6.07) is 0. The molecule has 0 aromatic rings. The van der Waals surface area contributed by atoms with Gasteiger partial charge in [-0.2, -0.15) is 0 Å². The van der Waals surface area contributed by atoms with Crippen LogP contribution in [-0.2, 0) is 14.3 Å². The standard InChI is InChI=1S/C8H13NO3.ClH/c1-11-7(10)8-2-3-12-6(8)4-9-5-8;/h6,9H,2-5H2,1H3;1H/t6-,8-;/m1./s1. The Morgan fingerprint density at radius 1 is 1.69 bits per heavy atom. The van der Waals surface area contributed by atoms with Crippen LogP contribution in [0.3, 0.4) is 0 Å². The minimum atomic E-state index is -0.380.